The van der Waals surface area contributed by atoms with Gasteiger partial charge in [-0.05, 0) is 73.0 Å². The molecule has 2 aromatic heterocycles. The van der Waals surface area contributed by atoms with Gasteiger partial charge in [0.25, 0.3) is 11.8 Å². The number of anilines is 1. The Balaban J connectivity index is 1.30. The number of ether oxygens (including phenoxy) is 1. The van der Waals surface area contributed by atoms with Crippen LogP contribution < -0.4 is 15.4 Å². The lowest BCUT2D eigenvalue weighted by molar-refractivity contribution is -0.153. The van der Waals surface area contributed by atoms with Crippen LogP contribution in [0.15, 0.2) is 24.3 Å². The summed E-state index contributed by atoms with van der Waals surface area (Å²) in [5.74, 6) is 0.427. The lowest BCUT2D eigenvalue weighted by Crippen LogP contribution is -2.49. The van der Waals surface area contributed by atoms with Gasteiger partial charge in [0.1, 0.15) is 22.8 Å². The Morgan fingerprint density at radius 1 is 1.32 bits per heavy atom. The van der Waals surface area contributed by atoms with E-state index in [1.54, 1.807) is 22.9 Å². The largest absolute Gasteiger partial charge is 0.484 e. The summed E-state index contributed by atoms with van der Waals surface area (Å²) >= 11 is 1.24. The average molecular weight is 546 g/mol. The van der Waals surface area contributed by atoms with E-state index in [-0.39, 0.29) is 17.4 Å². The molecule has 1 aliphatic heterocycles. The van der Waals surface area contributed by atoms with Crippen LogP contribution in [0.1, 0.15) is 68.2 Å². The van der Waals surface area contributed by atoms with Crippen LogP contribution in [0.3, 0.4) is 0 Å². The van der Waals surface area contributed by atoms with Crippen molar-refractivity contribution >= 4 is 29.2 Å². The lowest BCUT2D eigenvalue weighted by Gasteiger charge is -2.35. The first-order valence-corrected chi connectivity index (χ1v) is 13.4. The van der Waals surface area contributed by atoms with Crippen LogP contribution in [0.5, 0.6) is 5.75 Å². The van der Waals surface area contributed by atoms with Crippen molar-refractivity contribution in [2.24, 2.45) is 5.92 Å². The summed E-state index contributed by atoms with van der Waals surface area (Å²) in [5.41, 5.74) is 2.22. The smallest absolute Gasteiger partial charge is 0.422 e. The molecule has 200 valence electrons. The first-order valence-electron chi connectivity index (χ1n) is 12.6. The number of alkyl halides is 3. The first kappa shape index (κ1) is 24.9. The molecule has 1 atom stereocenters. The van der Waals surface area contributed by atoms with Gasteiger partial charge in [-0.1, -0.05) is 18.9 Å². The molecule has 1 aromatic carbocycles. The van der Waals surface area contributed by atoms with E-state index in [1.165, 1.54) is 30.4 Å². The van der Waals surface area contributed by atoms with Gasteiger partial charge in [-0.2, -0.15) is 22.6 Å². The molecule has 12 heteroatoms. The number of benzene rings is 1. The van der Waals surface area contributed by atoms with Crippen molar-refractivity contribution in [3.8, 4) is 5.75 Å². The Kier molecular flexibility index (Phi) is 5.97. The van der Waals surface area contributed by atoms with E-state index in [0.29, 0.717) is 48.8 Å². The number of halogens is 3. The van der Waals surface area contributed by atoms with Crippen LogP contribution in [-0.2, 0) is 24.9 Å². The summed E-state index contributed by atoms with van der Waals surface area (Å²) < 4.78 is 48.6. The van der Waals surface area contributed by atoms with Gasteiger partial charge in [0.05, 0.1) is 11.2 Å². The van der Waals surface area contributed by atoms with Crippen LogP contribution in [0.2, 0.25) is 0 Å². The van der Waals surface area contributed by atoms with Crippen LogP contribution in [0.4, 0.5) is 19.0 Å². The van der Waals surface area contributed by atoms with Crippen molar-refractivity contribution in [3.63, 3.8) is 0 Å². The van der Waals surface area contributed by atoms with E-state index in [0.717, 1.165) is 22.4 Å². The molecule has 1 saturated carbocycles. The fourth-order valence-electron chi connectivity index (χ4n) is 5.42. The number of hydrogen-bond donors (Lipinski definition) is 2. The molecule has 2 amide bonds. The Morgan fingerprint density at radius 3 is 2.84 bits per heavy atom. The Labute approximate surface area is 220 Å². The third-order valence-corrected chi connectivity index (χ3v) is 8.12. The molecule has 8 nitrogen and oxygen atoms in total. The predicted octanol–water partition coefficient (Wildman–Crippen LogP) is 4.77. The number of rotatable bonds is 7. The number of aryl methyl sites for hydroxylation is 3. The summed E-state index contributed by atoms with van der Waals surface area (Å²) in [7, 11) is 0. The maximum absolute atomic E-state index is 13.6. The number of nitrogens with zero attached hydrogens (tertiary/aromatic N) is 3. The maximum atomic E-state index is 13.6. The molecule has 2 N–H and O–H groups in total. The van der Waals surface area contributed by atoms with E-state index in [9.17, 15) is 22.8 Å². The van der Waals surface area contributed by atoms with E-state index < -0.39 is 24.2 Å². The van der Waals surface area contributed by atoms with Gasteiger partial charge in [-0.15, -0.1) is 0 Å². The van der Waals surface area contributed by atoms with Crippen LogP contribution in [-0.4, -0.2) is 38.8 Å². The van der Waals surface area contributed by atoms with Crippen LogP contribution in [0.25, 0.3) is 0 Å². The molecule has 1 spiro atoms. The Hall–Kier alpha value is -3.41. The number of fused-ring (bicyclic) bond motifs is 3. The summed E-state index contributed by atoms with van der Waals surface area (Å²) in [6, 6.07) is 6.56. The highest BCUT2D eigenvalue weighted by Crippen LogP contribution is 2.44. The second-order valence-corrected chi connectivity index (χ2v) is 11.3. The van der Waals surface area contributed by atoms with Gasteiger partial charge in [0.15, 0.2) is 6.61 Å². The number of hydrogen-bond acceptors (Lipinski definition) is 6. The molecule has 0 bridgehead atoms. The van der Waals surface area contributed by atoms with Crippen molar-refractivity contribution < 1.29 is 27.5 Å². The molecule has 3 aromatic rings. The van der Waals surface area contributed by atoms with Crippen molar-refractivity contribution in [1.29, 1.82) is 0 Å². The van der Waals surface area contributed by atoms with E-state index in [4.69, 9.17) is 9.84 Å². The molecular formula is C26H26F3N5O3S. The zero-order valence-electron chi connectivity index (χ0n) is 20.7. The fraction of sp³-hybridized carbons (Fsp3) is 0.462. The van der Waals surface area contributed by atoms with Gasteiger partial charge < -0.3 is 15.4 Å². The van der Waals surface area contributed by atoms with Gasteiger partial charge in [-0.25, -0.2) is 4.68 Å². The monoisotopic (exact) mass is 545 g/mol. The number of aromatic nitrogens is 3. The third kappa shape index (κ3) is 4.77. The summed E-state index contributed by atoms with van der Waals surface area (Å²) in [6.07, 6.45) is 0.437. The zero-order chi connectivity index (χ0) is 26.7. The predicted molar refractivity (Wildman–Crippen MR) is 134 cm³/mol. The minimum absolute atomic E-state index is 0.146. The molecule has 2 aliphatic carbocycles. The van der Waals surface area contributed by atoms with E-state index in [2.05, 4.69) is 15.0 Å². The molecule has 3 aliphatic rings. The molecule has 1 fully saturated rings. The van der Waals surface area contributed by atoms with Crippen LogP contribution >= 0.6 is 11.5 Å². The summed E-state index contributed by atoms with van der Waals surface area (Å²) in [4.78, 5) is 27.4. The Bertz CT molecular complexity index is 1430. The number of amides is 2. The summed E-state index contributed by atoms with van der Waals surface area (Å²) in [5, 5.41) is 10.8. The Morgan fingerprint density at radius 2 is 2.13 bits per heavy atom. The quantitative estimate of drug-likeness (QED) is 0.446. The van der Waals surface area contributed by atoms with E-state index >= 15 is 0 Å². The molecule has 0 saturated heterocycles. The molecule has 0 radical (unpaired) electrons. The minimum atomic E-state index is -4.42. The maximum Gasteiger partial charge on any atom is 0.422 e. The first-order chi connectivity index (χ1) is 18.1. The third-order valence-electron chi connectivity index (χ3n) is 7.43. The van der Waals surface area contributed by atoms with E-state index in [1.807, 2.05) is 6.92 Å². The standard InChI is InChI=1S/C26H26F3N5O3S/c1-14-10-19(33-38-14)23(35)30-22-21-20(32-34(22)9-7-15-2-3-15)12-25(31-24(21)36)8-6-16-11-17(4-5-18(16)25)37-13-26(27,28)29/h4-5,10-11,15H,2-3,6-9,12-13H2,1H3,(H,30,35)(H,31,36)/t25-/m0/s1. The van der Waals surface area contributed by atoms with Gasteiger partial charge >= 0.3 is 6.18 Å². The molecular weight excluding hydrogens is 519 g/mol. The average Bonchev–Trinajstić information content (AvgIpc) is 3.35. The number of carbonyl (C=O) groups excluding carboxylic acids is 2. The highest BCUT2D eigenvalue weighted by atomic mass is 32.1. The lowest BCUT2D eigenvalue weighted by atomic mass is 9.82. The molecule has 3 heterocycles. The summed E-state index contributed by atoms with van der Waals surface area (Å²) in [6.45, 7) is 1.10. The van der Waals surface area contributed by atoms with Crippen molar-refractivity contribution in [1.82, 2.24) is 19.5 Å². The molecule has 6 rings (SSSR count). The normalized spacial score (nSPS) is 20.3. The minimum Gasteiger partial charge on any atom is -0.484 e. The van der Waals surface area contributed by atoms with Gasteiger partial charge in [0, 0.05) is 17.8 Å². The topological polar surface area (TPSA) is 98.1 Å². The van der Waals surface area contributed by atoms with Crippen molar-refractivity contribution in [2.75, 3.05) is 11.9 Å². The molecule has 38 heavy (non-hydrogen) atoms. The highest BCUT2D eigenvalue weighted by molar-refractivity contribution is 7.05. The fourth-order valence-corrected chi connectivity index (χ4v) is 5.97. The number of carbonyl (C=O) groups is 2. The zero-order valence-corrected chi connectivity index (χ0v) is 21.5. The van der Waals surface area contributed by atoms with Crippen LogP contribution in [0, 0.1) is 12.8 Å². The van der Waals surface area contributed by atoms with Crippen molar-refractivity contribution in [3.05, 3.63) is 57.2 Å². The van der Waals surface area contributed by atoms with Gasteiger partial charge in [0.2, 0.25) is 0 Å². The van der Waals surface area contributed by atoms with Gasteiger partial charge in [-0.3, -0.25) is 9.59 Å². The second kappa shape index (κ2) is 9.11. The SMILES string of the molecule is Cc1cc(C(=O)Nc2c3c(nn2CCC2CC2)C[C@]2(CCc4cc(OCC(F)(F)F)ccc42)NC3=O)ns1. The number of nitrogens with one attached hydrogen (secondary N) is 2. The van der Waals surface area contributed by atoms with Crippen molar-refractivity contribution in [2.45, 2.75) is 63.7 Å². The highest BCUT2D eigenvalue weighted by Gasteiger charge is 2.47. The second-order valence-electron chi connectivity index (χ2n) is 10.3. The molecule has 0 unspecified atom stereocenters.